The Morgan fingerprint density at radius 1 is 1.16 bits per heavy atom. The second kappa shape index (κ2) is 8.05. The van der Waals surface area contributed by atoms with Gasteiger partial charge in [-0.2, -0.15) is 0 Å². The van der Waals surface area contributed by atoms with E-state index in [-0.39, 0.29) is 6.10 Å². The lowest BCUT2D eigenvalue weighted by atomic mass is 9.75. The molecule has 0 radical (unpaired) electrons. The molecule has 4 heteroatoms. The number of nitrogens with zero attached hydrogens (tertiary/aromatic N) is 1. The van der Waals surface area contributed by atoms with Crippen LogP contribution < -0.4 is 4.74 Å². The molecule has 1 aliphatic carbocycles. The molecule has 0 aromatic heterocycles. The molecule has 1 aromatic rings. The predicted octanol–water partition coefficient (Wildman–Crippen LogP) is 4.79. The maximum absolute atomic E-state index is 6.26. The fraction of sp³-hybridized carbons (Fsp3) is 0.571. The Morgan fingerprint density at radius 2 is 1.92 bits per heavy atom. The number of rotatable bonds is 5. The van der Waals surface area contributed by atoms with Crippen molar-refractivity contribution >= 4 is 5.71 Å². The Kier molecular flexibility index (Phi) is 5.79. The van der Waals surface area contributed by atoms with Crippen molar-refractivity contribution in [1.29, 1.82) is 0 Å². The molecule has 1 aromatic carbocycles. The molecule has 3 rings (SSSR count). The van der Waals surface area contributed by atoms with Crippen LogP contribution in [0.3, 0.4) is 0 Å². The summed E-state index contributed by atoms with van der Waals surface area (Å²) in [5.41, 5.74) is 1.81. The van der Waals surface area contributed by atoms with E-state index in [0.717, 1.165) is 23.4 Å². The summed E-state index contributed by atoms with van der Waals surface area (Å²) < 4.78 is 11.4. The Balaban J connectivity index is 1.61. The van der Waals surface area contributed by atoms with Gasteiger partial charge in [0, 0.05) is 5.56 Å². The molecular weight excluding hydrogens is 314 g/mol. The number of oxime groups is 1. The van der Waals surface area contributed by atoms with Gasteiger partial charge in [-0.1, -0.05) is 32.3 Å². The van der Waals surface area contributed by atoms with Crippen molar-refractivity contribution in [2.75, 3.05) is 7.11 Å². The molecule has 0 N–H and O–H groups in total. The number of ether oxygens (including phenoxy) is 2. The smallest absolute Gasteiger partial charge is 0.246 e. The SMILES string of the molecule is COc1ccc(C2=NO[C@@H](O[C@@H]3C[C@H](C)CC[C@H]3C(C)C)C=C2)cc1. The third-order valence-electron chi connectivity index (χ3n) is 5.32. The molecule has 0 bridgehead atoms. The lowest BCUT2D eigenvalue weighted by Crippen LogP contribution is -2.37. The summed E-state index contributed by atoms with van der Waals surface area (Å²) in [6, 6.07) is 7.80. The molecule has 4 nitrogen and oxygen atoms in total. The van der Waals surface area contributed by atoms with Crippen LogP contribution >= 0.6 is 0 Å². The average molecular weight is 343 g/mol. The zero-order chi connectivity index (χ0) is 17.8. The molecule has 1 fully saturated rings. The first-order valence-electron chi connectivity index (χ1n) is 9.28. The molecule has 0 amide bonds. The van der Waals surface area contributed by atoms with E-state index in [4.69, 9.17) is 14.3 Å². The number of benzene rings is 1. The van der Waals surface area contributed by atoms with Gasteiger partial charge in [0.05, 0.1) is 13.2 Å². The highest BCUT2D eigenvalue weighted by Gasteiger charge is 2.33. The van der Waals surface area contributed by atoms with Crippen molar-refractivity contribution < 1.29 is 14.3 Å². The zero-order valence-corrected chi connectivity index (χ0v) is 15.6. The van der Waals surface area contributed by atoms with E-state index in [2.05, 4.69) is 25.9 Å². The predicted molar refractivity (Wildman–Crippen MR) is 99.8 cm³/mol. The van der Waals surface area contributed by atoms with Crippen molar-refractivity contribution in [2.24, 2.45) is 22.9 Å². The van der Waals surface area contributed by atoms with E-state index in [0.29, 0.717) is 17.8 Å². The molecule has 0 saturated heterocycles. The van der Waals surface area contributed by atoms with Gasteiger partial charge in [0.25, 0.3) is 0 Å². The van der Waals surface area contributed by atoms with Gasteiger partial charge in [0.15, 0.2) is 0 Å². The molecule has 2 aliphatic rings. The number of hydrogen-bond acceptors (Lipinski definition) is 4. The van der Waals surface area contributed by atoms with Gasteiger partial charge >= 0.3 is 0 Å². The summed E-state index contributed by atoms with van der Waals surface area (Å²) in [5.74, 6) is 2.77. The molecule has 1 saturated carbocycles. The lowest BCUT2D eigenvalue weighted by molar-refractivity contribution is -0.172. The molecule has 0 spiro atoms. The minimum atomic E-state index is -0.390. The Bertz CT molecular complexity index is 621. The number of methoxy groups -OCH3 is 1. The third-order valence-corrected chi connectivity index (χ3v) is 5.32. The van der Waals surface area contributed by atoms with E-state index in [1.54, 1.807) is 7.11 Å². The fourth-order valence-corrected chi connectivity index (χ4v) is 3.77. The summed E-state index contributed by atoms with van der Waals surface area (Å²) in [4.78, 5) is 5.62. The van der Waals surface area contributed by atoms with Crippen LogP contribution in [0.25, 0.3) is 0 Å². The monoisotopic (exact) mass is 343 g/mol. The highest BCUT2D eigenvalue weighted by atomic mass is 16.8. The van der Waals surface area contributed by atoms with Crippen molar-refractivity contribution in [3.63, 3.8) is 0 Å². The first-order chi connectivity index (χ1) is 12.1. The second-order valence-corrected chi connectivity index (χ2v) is 7.54. The molecule has 136 valence electrons. The summed E-state index contributed by atoms with van der Waals surface area (Å²) in [6.07, 6.45) is 7.43. The van der Waals surface area contributed by atoms with Gasteiger partial charge in [0.2, 0.25) is 6.29 Å². The zero-order valence-electron chi connectivity index (χ0n) is 15.6. The maximum Gasteiger partial charge on any atom is 0.246 e. The first kappa shape index (κ1) is 18.0. The summed E-state index contributed by atoms with van der Waals surface area (Å²) >= 11 is 0. The fourth-order valence-electron chi connectivity index (χ4n) is 3.77. The quantitative estimate of drug-likeness (QED) is 0.772. The van der Waals surface area contributed by atoms with Crippen molar-refractivity contribution in [2.45, 2.75) is 52.4 Å². The Hall–Kier alpha value is -1.81. The standard InChI is InChI=1S/C21H29NO3/c1-14(2)18-10-5-15(3)13-20(18)24-21-12-11-19(22-25-21)16-6-8-17(23-4)9-7-16/h6-9,11-12,14-15,18,20-21H,5,10,13H2,1-4H3/t15-,18+,20-,21-/m1/s1. The summed E-state index contributed by atoms with van der Waals surface area (Å²) in [7, 11) is 1.66. The highest BCUT2D eigenvalue weighted by Crippen LogP contribution is 2.36. The van der Waals surface area contributed by atoms with E-state index in [9.17, 15) is 0 Å². The van der Waals surface area contributed by atoms with Crippen LogP contribution in [0.5, 0.6) is 5.75 Å². The second-order valence-electron chi connectivity index (χ2n) is 7.54. The van der Waals surface area contributed by atoms with Crippen LogP contribution in [0.1, 0.15) is 45.6 Å². The van der Waals surface area contributed by atoms with E-state index < -0.39 is 6.29 Å². The average Bonchev–Trinajstić information content (AvgIpc) is 2.62. The molecule has 0 unspecified atom stereocenters. The third kappa shape index (κ3) is 4.43. The minimum absolute atomic E-state index is 0.246. The topological polar surface area (TPSA) is 40.0 Å². The van der Waals surface area contributed by atoms with E-state index in [1.165, 1.54) is 12.8 Å². The van der Waals surface area contributed by atoms with Gasteiger partial charge in [-0.05, 0) is 67.0 Å². The number of hydrogen-bond donors (Lipinski definition) is 0. The van der Waals surface area contributed by atoms with Crippen LogP contribution in [0.4, 0.5) is 0 Å². The largest absolute Gasteiger partial charge is 0.497 e. The van der Waals surface area contributed by atoms with Crippen LogP contribution in [0, 0.1) is 17.8 Å². The summed E-state index contributed by atoms with van der Waals surface area (Å²) in [5, 5.41) is 4.26. The number of allylic oxidation sites excluding steroid dienone is 1. The molecule has 25 heavy (non-hydrogen) atoms. The van der Waals surface area contributed by atoms with Crippen molar-refractivity contribution in [1.82, 2.24) is 0 Å². The van der Waals surface area contributed by atoms with Gasteiger partial charge in [0.1, 0.15) is 11.5 Å². The highest BCUT2D eigenvalue weighted by molar-refractivity contribution is 6.08. The first-order valence-corrected chi connectivity index (χ1v) is 9.28. The minimum Gasteiger partial charge on any atom is -0.497 e. The van der Waals surface area contributed by atoms with Crippen LogP contribution in [0.2, 0.25) is 0 Å². The molecule has 4 atom stereocenters. The molecular formula is C21H29NO3. The Labute approximate surface area is 150 Å². The Morgan fingerprint density at radius 3 is 2.52 bits per heavy atom. The maximum atomic E-state index is 6.26. The van der Waals surface area contributed by atoms with E-state index >= 15 is 0 Å². The lowest BCUT2D eigenvalue weighted by Gasteiger charge is -2.38. The van der Waals surface area contributed by atoms with Crippen LogP contribution in [-0.2, 0) is 9.57 Å². The molecule has 1 heterocycles. The summed E-state index contributed by atoms with van der Waals surface area (Å²) in [6.45, 7) is 6.88. The van der Waals surface area contributed by atoms with Gasteiger partial charge in [-0.3, -0.25) is 0 Å². The normalized spacial score (nSPS) is 29.2. The van der Waals surface area contributed by atoms with Gasteiger partial charge < -0.3 is 14.3 Å². The van der Waals surface area contributed by atoms with Gasteiger partial charge in [-0.25, -0.2) is 0 Å². The van der Waals surface area contributed by atoms with Crippen molar-refractivity contribution in [3.05, 3.63) is 42.0 Å². The van der Waals surface area contributed by atoms with Crippen molar-refractivity contribution in [3.8, 4) is 5.75 Å². The van der Waals surface area contributed by atoms with Gasteiger partial charge in [-0.15, -0.1) is 0 Å². The van der Waals surface area contributed by atoms with Crippen LogP contribution in [-0.4, -0.2) is 25.2 Å². The molecule has 1 aliphatic heterocycles. The van der Waals surface area contributed by atoms with Crippen LogP contribution in [0.15, 0.2) is 41.6 Å². The van der Waals surface area contributed by atoms with E-state index in [1.807, 2.05) is 36.4 Å².